The van der Waals surface area contributed by atoms with E-state index in [0.717, 1.165) is 6.07 Å². The van der Waals surface area contributed by atoms with Gasteiger partial charge in [0, 0.05) is 0 Å². The first kappa shape index (κ1) is 14.0. The quantitative estimate of drug-likeness (QED) is 0.930. The van der Waals surface area contributed by atoms with Gasteiger partial charge in [0.2, 0.25) is 0 Å². The number of rotatable bonds is 4. The third-order valence-corrected chi connectivity index (χ3v) is 2.81. The largest absolute Gasteiger partial charge is 0.486 e. The van der Waals surface area contributed by atoms with E-state index in [-0.39, 0.29) is 12.4 Å². The molecule has 0 aliphatic carbocycles. The summed E-state index contributed by atoms with van der Waals surface area (Å²) in [4.78, 5) is 10.8. The van der Waals surface area contributed by atoms with Gasteiger partial charge in [0.15, 0.2) is 11.6 Å². The van der Waals surface area contributed by atoms with Crippen LogP contribution in [-0.2, 0) is 6.61 Å². The molecule has 2 aromatic carbocycles. The van der Waals surface area contributed by atoms with E-state index >= 15 is 0 Å². The van der Waals surface area contributed by atoms with Crippen LogP contribution in [0.25, 0.3) is 0 Å². The average molecular weight is 278 g/mol. The fourth-order valence-corrected chi connectivity index (χ4v) is 1.72. The van der Waals surface area contributed by atoms with Crippen LogP contribution in [0.4, 0.5) is 8.78 Å². The molecule has 0 radical (unpaired) electrons. The van der Waals surface area contributed by atoms with Crippen molar-refractivity contribution < 1.29 is 23.4 Å². The molecule has 0 bridgehead atoms. The smallest absolute Gasteiger partial charge is 0.338 e. The molecule has 0 heterocycles. The highest BCUT2D eigenvalue weighted by molar-refractivity contribution is 5.88. The molecular weight excluding hydrogens is 266 g/mol. The number of halogens is 2. The minimum atomic E-state index is -1.36. The first-order valence-electron chi connectivity index (χ1n) is 5.88. The summed E-state index contributed by atoms with van der Waals surface area (Å²) in [7, 11) is 0. The lowest BCUT2D eigenvalue weighted by molar-refractivity contribution is 0.0691. The Morgan fingerprint density at radius 2 is 2.00 bits per heavy atom. The summed E-state index contributed by atoms with van der Waals surface area (Å²) in [6.07, 6.45) is 0. The maximum atomic E-state index is 13.7. The molecule has 0 aliphatic heterocycles. The van der Waals surface area contributed by atoms with Crippen LogP contribution in [0.5, 0.6) is 5.75 Å². The van der Waals surface area contributed by atoms with Crippen molar-refractivity contribution in [3.63, 3.8) is 0 Å². The number of carboxylic acid groups (broad SMARTS) is 1. The Morgan fingerprint density at radius 3 is 2.70 bits per heavy atom. The normalized spacial score (nSPS) is 10.3. The first-order valence-corrected chi connectivity index (χ1v) is 5.88. The Balaban J connectivity index is 2.17. The summed E-state index contributed by atoms with van der Waals surface area (Å²) in [5.41, 5.74) is 0.466. The number of aryl methyl sites for hydroxylation is 1. The van der Waals surface area contributed by atoms with E-state index in [9.17, 15) is 13.6 Å². The van der Waals surface area contributed by atoms with Gasteiger partial charge in [0.05, 0.1) is 5.56 Å². The highest BCUT2D eigenvalue weighted by Gasteiger charge is 2.12. The molecule has 0 fully saturated rings. The van der Waals surface area contributed by atoms with Crippen LogP contribution < -0.4 is 4.74 Å². The van der Waals surface area contributed by atoms with Crippen molar-refractivity contribution >= 4 is 5.97 Å². The summed E-state index contributed by atoms with van der Waals surface area (Å²) >= 11 is 0. The molecule has 0 saturated carbocycles. The van der Waals surface area contributed by atoms with Crippen molar-refractivity contribution in [2.75, 3.05) is 0 Å². The van der Waals surface area contributed by atoms with Gasteiger partial charge < -0.3 is 9.84 Å². The average Bonchev–Trinajstić information content (AvgIpc) is 2.41. The number of hydrogen-bond donors (Lipinski definition) is 1. The molecule has 20 heavy (non-hydrogen) atoms. The first-order chi connectivity index (χ1) is 9.49. The van der Waals surface area contributed by atoms with Gasteiger partial charge in [-0.05, 0) is 36.2 Å². The summed E-state index contributed by atoms with van der Waals surface area (Å²) in [5.74, 6) is -2.56. The molecule has 1 N–H and O–H groups in total. The highest BCUT2D eigenvalue weighted by atomic mass is 19.1. The monoisotopic (exact) mass is 278 g/mol. The maximum absolute atomic E-state index is 13.7. The molecule has 0 unspecified atom stereocenters. The second-order valence-electron chi connectivity index (χ2n) is 4.30. The number of hydrogen-bond acceptors (Lipinski definition) is 2. The van der Waals surface area contributed by atoms with E-state index < -0.39 is 23.2 Å². The number of ether oxygens (including phenoxy) is 1. The molecule has 2 aromatic rings. The van der Waals surface area contributed by atoms with Crippen molar-refractivity contribution in [2.45, 2.75) is 13.5 Å². The molecule has 0 atom stereocenters. The van der Waals surface area contributed by atoms with Crippen molar-refractivity contribution in [1.82, 2.24) is 0 Å². The van der Waals surface area contributed by atoms with Crippen LogP contribution in [0.3, 0.4) is 0 Å². The molecule has 104 valence electrons. The predicted molar refractivity (Wildman–Crippen MR) is 68.8 cm³/mol. The Labute approximate surface area is 114 Å². The maximum Gasteiger partial charge on any atom is 0.338 e. The van der Waals surface area contributed by atoms with Crippen LogP contribution in [-0.4, -0.2) is 11.1 Å². The molecular formula is C15H12F2O3. The molecule has 0 aliphatic rings. The van der Waals surface area contributed by atoms with Crippen molar-refractivity contribution in [3.8, 4) is 5.75 Å². The SMILES string of the molecule is Cc1cccc(OCc2ccc(F)c(C(=O)O)c2)c1F. The van der Waals surface area contributed by atoms with Crippen LogP contribution >= 0.6 is 0 Å². The van der Waals surface area contributed by atoms with E-state index in [1.807, 2.05) is 0 Å². The Bertz CT molecular complexity index is 654. The zero-order valence-electron chi connectivity index (χ0n) is 10.7. The van der Waals surface area contributed by atoms with Crippen LogP contribution in [0.1, 0.15) is 21.5 Å². The second kappa shape index (κ2) is 5.69. The Hall–Kier alpha value is -2.43. The van der Waals surface area contributed by atoms with Crippen LogP contribution in [0.15, 0.2) is 36.4 Å². The molecule has 2 rings (SSSR count). The van der Waals surface area contributed by atoms with E-state index in [1.165, 1.54) is 18.2 Å². The summed E-state index contributed by atoms with van der Waals surface area (Å²) in [6, 6.07) is 8.36. The van der Waals surface area contributed by atoms with E-state index in [4.69, 9.17) is 9.84 Å². The number of carboxylic acids is 1. The third-order valence-electron chi connectivity index (χ3n) is 2.81. The zero-order chi connectivity index (χ0) is 14.7. The van der Waals surface area contributed by atoms with Gasteiger partial charge in [0.1, 0.15) is 12.4 Å². The second-order valence-corrected chi connectivity index (χ2v) is 4.30. The van der Waals surface area contributed by atoms with E-state index in [0.29, 0.717) is 11.1 Å². The molecule has 3 nitrogen and oxygen atoms in total. The van der Waals surface area contributed by atoms with Gasteiger partial charge in [-0.25, -0.2) is 13.6 Å². The molecule has 5 heteroatoms. The van der Waals surface area contributed by atoms with E-state index in [2.05, 4.69) is 0 Å². The van der Waals surface area contributed by atoms with Crippen molar-refractivity contribution in [3.05, 3.63) is 64.7 Å². The molecule has 0 amide bonds. The van der Waals surface area contributed by atoms with Crippen molar-refractivity contribution in [1.29, 1.82) is 0 Å². The molecule has 0 saturated heterocycles. The van der Waals surface area contributed by atoms with Gasteiger partial charge in [0.25, 0.3) is 0 Å². The van der Waals surface area contributed by atoms with Gasteiger partial charge in [-0.2, -0.15) is 0 Å². The number of benzene rings is 2. The third kappa shape index (κ3) is 2.93. The number of carbonyl (C=O) groups is 1. The summed E-state index contributed by atoms with van der Waals surface area (Å²) < 4.78 is 32.2. The fourth-order valence-electron chi connectivity index (χ4n) is 1.72. The number of aromatic carboxylic acids is 1. The Kier molecular flexibility index (Phi) is 3.98. The fraction of sp³-hybridized carbons (Fsp3) is 0.133. The minimum absolute atomic E-state index is 0.0407. The topological polar surface area (TPSA) is 46.5 Å². The van der Waals surface area contributed by atoms with Crippen LogP contribution in [0.2, 0.25) is 0 Å². The lowest BCUT2D eigenvalue weighted by Gasteiger charge is -2.09. The summed E-state index contributed by atoms with van der Waals surface area (Å²) in [5, 5.41) is 8.82. The Morgan fingerprint density at radius 1 is 1.25 bits per heavy atom. The lowest BCUT2D eigenvalue weighted by Crippen LogP contribution is -2.04. The van der Waals surface area contributed by atoms with Gasteiger partial charge >= 0.3 is 5.97 Å². The molecule has 0 aromatic heterocycles. The van der Waals surface area contributed by atoms with Crippen LogP contribution in [0, 0.1) is 18.6 Å². The zero-order valence-corrected chi connectivity index (χ0v) is 10.7. The standard InChI is InChI=1S/C15H12F2O3/c1-9-3-2-4-13(14(9)17)20-8-10-5-6-12(16)11(7-10)15(18)19/h2-7H,8H2,1H3,(H,18,19). The van der Waals surface area contributed by atoms with Gasteiger partial charge in [-0.15, -0.1) is 0 Å². The lowest BCUT2D eigenvalue weighted by atomic mass is 10.1. The predicted octanol–water partition coefficient (Wildman–Crippen LogP) is 3.55. The summed E-state index contributed by atoms with van der Waals surface area (Å²) in [6.45, 7) is 1.57. The minimum Gasteiger partial charge on any atom is -0.486 e. The molecule has 0 spiro atoms. The highest BCUT2D eigenvalue weighted by Crippen LogP contribution is 2.21. The van der Waals surface area contributed by atoms with E-state index in [1.54, 1.807) is 19.1 Å². The van der Waals surface area contributed by atoms with Crippen molar-refractivity contribution in [2.24, 2.45) is 0 Å². The van der Waals surface area contributed by atoms with Gasteiger partial charge in [-0.1, -0.05) is 18.2 Å². The van der Waals surface area contributed by atoms with Gasteiger partial charge in [-0.3, -0.25) is 0 Å².